The molecule has 0 fully saturated rings. The molecule has 0 aliphatic heterocycles. The zero-order valence-electron chi connectivity index (χ0n) is 16.0. The third-order valence-corrected chi connectivity index (χ3v) is 4.68. The van der Waals surface area contributed by atoms with Crippen LogP contribution in [0.2, 0.25) is 0 Å². The Balaban J connectivity index is 1.51. The van der Waals surface area contributed by atoms with Gasteiger partial charge in [0, 0.05) is 38.1 Å². The number of aromatic nitrogens is 5. The maximum atomic E-state index is 12.8. The zero-order valence-corrected chi connectivity index (χ0v) is 16.0. The normalized spacial score (nSPS) is 11.1. The number of amides is 1. The lowest BCUT2D eigenvalue weighted by molar-refractivity contribution is 0.0785. The van der Waals surface area contributed by atoms with E-state index in [0.29, 0.717) is 24.2 Å². The van der Waals surface area contributed by atoms with Gasteiger partial charge in [-0.15, -0.1) is 0 Å². The highest BCUT2D eigenvalue weighted by atomic mass is 16.2. The van der Waals surface area contributed by atoms with Gasteiger partial charge in [-0.2, -0.15) is 5.10 Å². The number of carbonyl (C=O) groups excluding carboxylic acids is 1. The quantitative estimate of drug-likeness (QED) is 0.520. The molecular weight excluding hydrogens is 352 g/mol. The largest absolute Gasteiger partial charge is 0.337 e. The molecule has 0 saturated heterocycles. The van der Waals surface area contributed by atoms with E-state index in [1.54, 1.807) is 36.7 Å². The molecule has 7 nitrogen and oxygen atoms in total. The van der Waals surface area contributed by atoms with Crippen LogP contribution in [0.3, 0.4) is 0 Å². The molecule has 0 aliphatic rings. The Morgan fingerprint density at radius 3 is 2.68 bits per heavy atom. The molecule has 0 saturated carbocycles. The van der Waals surface area contributed by atoms with E-state index in [1.807, 2.05) is 40.6 Å². The van der Waals surface area contributed by atoms with Crippen molar-refractivity contribution >= 4 is 17.1 Å². The van der Waals surface area contributed by atoms with Crippen molar-refractivity contribution in [3.8, 4) is 0 Å². The predicted molar refractivity (Wildman–Crippen MR) is 107 cm³/mol. The maximum absolute atomic E-state index is 12.8. The predicted octanol–water partition coefficient (Wildman–Crippen LogP) is 2.97. The van der Waals surface area contributed by atoms with Crippen LogP contribution in [-0.4, -0.2) is 42.2 Å². The molecule has 7 heteroatoms. The highest BCUT2D eigenvalue weighted by Gasteiger charge is 2.15. The van der Waals surface area contributed by atoms with Crippen molar-refractivity contribution < 1.29 is 4.79 Å². The van der Waals surface area contributed by atoms with Crippen molar-refractivity contribution in [3.05, 3.63) is 78.0 Å². The molecule has 1 amide bonds. The molecule has 4 aromatic rings. The second kappa shape index (κ2) is 7.64. The van der Waals surface area contributed by atoms with Gasteiger partial charge in [0.25, 0.3) is 5.91 Å². The maximum Gasteiger partial charge on any atom is 0.255 e. The summed E-state index contributed by atoms with van der Waals surface area (Å²) in [7, 11) is 1.78. The topological polar surface area (TPSA) is 68.8 Å². The van der Waals surface area contributed by atoms with Gasteiger partial charge in [-0.25, -0.2) is 9.97 Å². The van der Waals surface area contributed by atoms with Crippen LogP contribution in [0, 0.1) is 0 Å². The Labute approximate surface area is 163 Å². The van der Waals surface area contributed by atoms with Crippen molar-refractivity contribution in [2.24, 2.45) is 0 Å². The Bertz CT molecular complexity index is 1100. The van der Waals surface area contributed by atoms with E-state index in [-0.39, 0.29) is 5.91 Å². The van der Waals surface area contributed by atoms with E-state index >= 15 is 0 Å². The summed E-state index contributed by atoms with van der Waals surface area (Å²) < 4.78 is 3.84. The van der Waals surface area contributed by atoms with E-state index < -0.39 is 0 Å². The van der Waals surface area contributed by atoms with Gasteiger partial charge in [0.1, 0.15) is 5.52 Å². The first-order chi connectivity index (χ1) is 13.6. The number of carbonyl (C=O) groups is 1. The lowest BCUT2D eigenvalue weighted by Gasteiger charge is -2.16. The van der Waals surface area contributed by atoms with Crippen LogP contribution in [-0.2, 0) is 19.6 Å². The van der Waals surface area contributed by atoms with Crippen molar-refractivity contribution in [2.75, 3.05) is 7.05 Å². The number of benzene rings is 1. The summed E-state index contributed by atoms with van der Waals surface area (Å²) in [4.78, 5) is 23.4. The van der Waals surface area contributed by atoms with Crippen LogP contribution in [0.15, 0.2) is 61.3 Å². The fourth-order valence-corrected chi connectivity index (χ4v) is 3.19. The van der Waals surface area contributed by atoms with Gasteiger partial charge >= 0.3 is 0 Å². The van der Waals surface area contributed by atoms with Gasteiger partial charge in [-0.1, -0.05) is 30.3 Å². The highest BCUT2D eigenvalue weighted by molar-refractivity contribution is 5.96. The first-order valence-electron chi connectivity index (χ1n) is 9.25. The number of imidazole rings is 1. The molecule has 142 valence electrons. The molecule has 0 aliphatic carbocycles. The molecule has 0 N–H and O–H groups in total. The van der Waals surface area contributed by atoms with Gasteiger partial charge in [0.05, 0.1) is 24.6 Å². The summed E-state index contributed by atoms with van der Waals surface area (Å²) in [6.45, 7) is 4.03. The molecule has 3 heterocycles. The summed E-state index contributed by atoms with van der Waals surface area (Å²) in [5, 5.41) is 4.25. The smallest absolute Gasteiger partial charge is 0.255 e. The van der Waals surface area contributed by atoms with E-state index in [1.165, 1.54) is 5.56 Å². The molecule has 0 radical (unpaired) electrons. The lowest BCUT2D eigenvalue weighted by Crippen LogP contribution is -2.26. The number of hydrogen-bond acceptors (Lipinski definition) is 4. The highest BCUT2D eigenvalue weighted by Crippen LogP contribution is 2.16. The average molecular weight is 374 g/mol. The van der Waals surface area contributed by atoms with E-state index in [2.05, 4.69) is 27.2 Å². The van der Waals surface area contributed by atoms with Crippen LogP contribution in [0.1, 0.15) is 28.4 Å². The lowest BCUT2D eigenvalue weighted by atomic mass is 10.2. The van der Waals surface area contributed by atoms with Crippen LogP contribution in [0.4, 0.5) is 0 Å². The van der Waals surface area contributed by atoms with Crippen molar-refractivity contribution in [3.63, 3.8) is 0 Å². The molecule has 4 rings (SSSR count). The minimum atomic E-state index is -0.0868. The van der Waals surface area contributed by atoms with Crippen LogP contribution < -0.4 is 0 Å². The van der Waals surface area contributed by atoms with Gasteiger partial charge in [0.15, 0.2) is 5.65 Å². The second-order valence-corrected chi connectivity index (χ2v) is 6.79. The summed E-state index contributed by atoms with van der Waals surface area (Å²) >= 11 is 0. The Hall–Kier alpha value is -3.48. The van der Waals surface area contributed by atoms with Crippen LogP contribution in [0.25, 0.3) is 11.2 Å². The van der Waals surface area contributed by atoms with Crippen molar-refractivity contribution in [1.82, 2.24) is 29.2 Å². The number of rotatable bonds is 6. The van der Waals surface area contributed by atoms with Gasteiger partial charge in [0.2, 0.25) is 0 Å². The van der Waals surface area contributed by atoms with Gasteiger partial charge in [-0.3, -0.25) is 9.48 Å². The summed E-state index contributed by atoms with van der Waals surface area (Å²) in [5.74, 6) is -0.0868. The number of pyridine rings is 1. The monoisotopic (exact) mass is 374 g/mol. The van der Waals surface area contributed by atoms with E-state index in [0.717, 1.165) is 17.8 Å². The molecule has 3 aromatic heterocycles. The van der Waals surface area contributed by atoms with Gasteiger partial charge in [-0.05, 0) is 18.6 Å². The van der Waals surface area contributed by atoms with E-state index in [4.69, 9.17) is 0 Å². The van der Waals surface area contributed by atoms with Crippen molar-refractivity contribution in [2.45, 2.75) is 26.6 Å². The van der Waals surface area contributed by atoms with Crippen LogP contribution in [0.5, 0.6) is 0 Å². The number of fused-ring (bicyclic) bond motifs is 1. The van der Waals surface area contributed by atoms with E-state index in [9.17, 15) is 4.79 Å². The Morgan fingerprint density at radius 2 is 1.93 bits per heavy atom. The first-order valence-corrected chi connectivity index (χ1v) is 9.25. The minimum absolute atomic E-state index is 0.0868. The zero-order chi connectivity index (χ0) is 19.5. The molecule has 1 aromatic carbocycles. The van der Waals surface area contributed by atoms with Crippen molar-refractivity contribution in [1.29, 1.82) is 0 Å². The first kappa shape index (κ1) is 17.9. The molecule has 0 atom stereocenters. The molecule has 0 spiro atoms. The summed E-state index contributed by atoms with van der Waals surface area (Å²) in [6, 6.07) is 12.0. The Morgan fingerprint density at radius 1 is 1.11 bits per heavy atom. The standard InChI is InChI=1S/C21H22N6O/c1-3-27-14-17(10-24-27)12-25(2)21(28)18-9-19-20(22-11-18)26(15-23-19)13-16-7-5-4-6-8-16/h4-11,14-15H,3,12-13H2,1-2H3. The minimum Gasteiger partial charge on any atom is -0.337 e. The summed E-state index contributed by atoms with van der Waals surface area (Å²) in [5.41, 5.74) is 4.19. The fourth-order valence-electron chi connectivity index (χ4n) is 3.19. The SMILES string of the molecule is CCn1cc(CN(C)C(=O)c2cnc3c(c2)ncn3Cc2ccccc2)cn1. The number of aryl methyl sites for hydroxylation is 1. The number of nitrogens with zero attached hydrogens (tertiary/aromatic N) is 6. The third kappa shape index (κ3) is 3.64. The second-order valence-electron chi connectivity index (χ2n) is 6.79. The molecule has 0 bridgehead atoms. The average Bonchev–Trinajstić information content (AvgIpc) is 3.34. The third-order valence-electron chi connectivity index (χ3n) is 4.68. The summed E-state index contributed by atoms with van der Waals surface area (Å²) in [6.07, 6.45) is 7.14. The fraction of sp³-hybridized carbons (Fsp3) is 0.238. The molecular formula is C21H22N6O. The van der Waals surface area contributed by atoms with Gasteiger partial charge < -0.3 is 9.47 Å². The molecule has 28 heavy (non-hydrogen) atoms. The molecule has 0 unspecified atom stereocenters. The Kier molecular flexibility index (Phi) is 4.89. The van der Waals surface area contributed by atoms with Crippen LogP contribution >= 0.6 is 0 Å². The number of hydrogen-bond donors (Lipinski definition) is 0.